The number of nitriles is 1. The van der Waals surface area contributed by atoms with Gasteiger partial charge in [-0.2, -0.15) is 5.26 Å². The summed E-state index contributed by atoms with van der Waals surface area (Å²) in [6, 6.07) is 15.2. The number of nitrogens with zero attached hydrogens (tertiary/aromatic N) is 1. The molecule has 0 bridgehead atoms. The van der Waals surface area contributed by atoms with Crippen LogP contribution in [0.25, 0.3) is 0 Å². The van der Waals surface area contributed by atoms with Crippen molar-refractivity contribution in [3.8, 4) is 11.8 Å². The maximum absolute atomic E-state index is 8.73. The third-order valence-electron chi connectivity index (χ3n) is 2.72. The molecule has 4 heteroatoms. The third kappa shape index (κ3) is 3.57. The summed E-state index contributed by atoms with van der Waals surface area (Å²) in [5.74, 6) is 0.787. The lowest BCUT2D eigenvalue weighted by atomic mass is 10.1. The summed E-state index contributed by atoms with van der Waals surface area (Å²) in [5.41, 5.74) is 8.32. The highest BCUT2D eigenvalue weighted by atomic mass is 79.9. The van der Waals surface area contributed by atoms with Gasteiger partial charge in [-0.25, -0.2) is 0 Å². The molecule has 0 fully saturated rings. The molecule has 3 nitrogen and oxygen atoms in total. The van der Waals surface area contributed by atoms with E-state index in [1.165, 1.54) is 0 Å². The number of benzene rings is 2. The minimum atomic E-state index is 0.433. The molecule has 0 saturated carbocycles. The third-order valence-corrected chi connectivity index (χ3v) is 3.21. The standard InChI is InChI=1S/C15H13BrN2O/c16-14-5-6-15(13(7-14)9-18)19-10-12-3-1-11(8-17)2-4-12/h1-7H,9-10,18H2. The minimum absolute atomic E-state index is 0.433. The zero-order chi connectivity index (χ0) is 13.7. The molecule has 0 saturated heterocycles. The summed E-state index contributed by atoms with van der Waals surface area (Å²) < 4.78 is 6.74. The van der Waals surface area contributed by atoms with E-state index in [2.05, 4.69) is 22.0 Å². The van der Waals surface area contributed by atoms with E-state index in [1.54, 1.807) is 12.1 Å². The van der Waals surface area contributed by atoms with Crippen molar-refractivity contribution in [2.75, 3.05) is 0 Å². The first-order chi connectivity index (χ1) is 9.22. The van der Waals surface area contributed by atoms with Crippen LogP contribution in [-0.2, 0) is 13.2 Å². The van der Waals surface area contributed by atoms with Crippen molar-refractivity contribution < 1.29 is 4.74 Å². The Morgan fingerprint density at radius 1 is 1.16 bits per heavy atom. The van der Waals surface area contributed by atoms with Gasteiger partial charge in [0.15, 0.2) is 0 Å². The second-order valence-electron chi connectivity index (χ2n) is 4.05. The first-order valence-corrected chi connectivity index (χ1v) is 6.62. The predicted molar refractivity (Wildman–Crippen MR) is 77.5 cm³/mol. The normalized spacial score (nSPS) is 9.95. The van der Waals surface area contributed by atoms with Crippen LogP contribution in [0.2, 0.25) is 0 Å². The van der Waals surface area contributed by atoms with Gasteiger partial charge in [0.25, 0.3) is 0 Å². The van der Waals surface area contributed by atoms with Crippen molar-refractivity contribution in [3.63, 3.8) is 0 Å². The second kappa shape index (κ2) is 6.37. The van der Waals surface area contributed by atoms with Gasteiger partial charge in [0, 0.05) is 16.6 Å². The van der Waals surface area contributed by atoms with E-state index in [0.29, 0.717) is 18.7 Å². The monoisotopic (exact) mass is 316 g/mol. The fourth-order valence-corrected chi connectivity index (χ4v) is 2.09. The first-order valence-electron chi connectivity index (χ1n) is 5.83. The number of nitrogens with two attached hydrogens (primary N) is 1. The number of rotatable bonds is 4. The van der Waals surface area contributed by atoms with E-state index in [-0.39, 0.29) is 0 Å². The van der Waals surface area contributed by atoms with Crippen LogP contribution in [-0.4, -0.2) is 0 Å². The average Bonchev–Trinajstić information content (AvgIpc) is 2.46. The highest BCUT2D eigenvalue weighted by molar-refractivity contribution is 9.10. The summed E-state index contributed by atoms with van der Waals surface area (Å²) in [7, 11) is 0. The second-order valence-corrected chi connectivity index (χ2v) is 4.97. The maximum Gasteiger partial charge on any atom is 0.124 e. The van der Waals surface area contributed by atoms with Crippen LogP contribution in [0.4, 0.5) is 0 Å². The van der Waals surface area contributed by atoms with E-state index in [4.69, 9.17) is 15.7 Å². The highest BCUT2D eigenvalue weighted by Crippen LogP contribution is 2.23. The van der Waals surface area contributed by atoms with Gasteiger partial charge in [-0.05, 0) is 35.9 Å². The minimum Gasteiger partial charge on any atom is -0.489 e. The number of halogens is 1. The van der Waals surface area contributed by atoms with Crippen LogP contribution in [0, 0.1) is 11.3 Å². The van der Waals surface area contributed by atoms with Gasteiger partial charge in [0.05, 0.1) is 11.6 Å². The molecular formula is C15H13BrN2O. The molecule has 0 aliphatic carbocycles. The Kier molecular flexibility index (Phi) is 4.56. The summed E-state index contributed by atoms with van der Waals surface area (Å²) >= 11 is 3.41. The molecule has 0 aromatic heterocycles. The van der Waals surface area contributed by atoms with Crippen molar-refractivity contribution in [1.29, 1.82) is 5.26 Å². The van der Waals surface area contributed by atoms with Crippen molar-refractivity contribution in [2.24, 2.45) is 5.73 Å². The summed E-state index contributed by atoms with van der Waals surface area (Å²) in [4.78, 5) is 0. The molecule has 19 heavy (non-hydrogen) atoms. The molecule has 0 aliphatic heterocycles. The molecule has 0 heterocycles. The molecule has 2 rings (SSSR count). The lowest BCUT2D eigenvalue weighted by Crippen LogP contribution is -2.02. The first kappa shape index (κ1) is 13.6. The van der Waals surface area contributed by atoms with Crippen LogP contribution in [0.1, 0.15) is 16.7 Å². The molecule has 0 spiro atoms. The Labute approximate surface area is 120 Å². The maximum atomic E-state index is 8.73. The Morgan fingerprint density at radius 2 is 1.89 bits per heavy atom. The molecular weight excluding hydrogens is 304 g/mol. The van der Waals surface area contributed by atoms with Crippen LogP contribution in [0.5, 0.6) is 5.75 Å². The van der Waals surface area contributed by atoms with Crippen LogP contribution in [0.3, 0.4) is 0 Å². The SMILES string of the molecule is N#Cc1ccc(COc2ccc(Br)cc2CN)cc1. The van der Waals surface area contributed by atoms with Crippen LogP contribution < -0.4 is 10.5 Å². The largest absolute Gasteiger partial charge is 0.489 e. The van der Waals surface area contributed by atoms with Gasteiger partial charge < -0.3 is 10.5 Å². The molecule has 0 radical (unpaired) electrons. The molecule has 2 N–H and O–H groups in total. The number of hydrogen-bond donors (Lipinski definition) is 1. The van der Waals surface area contributed by atoms with Crippen molar-refractivity contribution >= 4 is 15.9 Å². The summed E-state index contributed by atoms with van der Waals surface area (Å²) in [6.45, 7) is 0.891. The Bertz CT molecular complexity index is 603. The van der Waals surface area contributed by atoms with Crippen LogP contribution >= 0.6 is 15.9 Å². The van der Waals surface area contributed by atoms with Gasteiger partial charge in [0.2, 0.25) is 0 Å². The predicted octanol–water partition coefficient (Wildman–Crippen LogP) is 3.36. The molecule has 0 aliphatic rings. The molecule has 0 amide bonds. The molecule has 0 unspecified atom stereocenters. The van der Waals surface area contributed by atoms with Crippen molar-refractivity contribution in [3.05, 3.63) is 63.6 Å². The molecule has 96 valence electrons. The summed E-state index contributed by atoms with van der Waals surface area (Å²) in [6.07, 6.45) is 0. The lowest BCUT2D eigenvalue weighted by Gasteiger charge is -2.11. The fourth-order valence-electron chi connectivity index (χ4n) is 1.68. The van der Waals surface area contributed by atoms with Crippen molar-refractivity contribution in [2.45, 2.75) is 13.2 Å². The zero-order valence-electron chi connectivity index (χ0n) is 10.3. The van der Waals surface area contributed by atoms with Crippen LogP contribution in [0.15, 0.2) is 46.9 Å². The molecule has 2 aromatic carbocycles. The topological polar surface area (TPSA) is 59.0 Å². The van der Waals surface area contributed by atoms with E-state index in [9.17, 15) is 0 Å². The average molecular weight is 317 g/mol. The zero-order valence-corrected chi connectivity index (χ0v) is 11.9. The Balaban J connectivity index is 2.07. The molecule has 2 aromatic rings. The van der Waals surface area contributed by atoms with Gasteiger partial charge >= 0.3 is 0 Å². The van der Waals surface area contributed by atoms with E-state index in [0.717, 1.165) is 21.3 Å². The quantitative estimate of drug-likeness (QED) is 0.940. The van der Waals surface area contributed by atoms with Gasteiger partial charge in [-0.3, -0.25) is 0 Å². The van der Waals surface area contributed by atoms with E-state index >= 15 is 0 Å². The Morgan fingerprint density at radius 3 is 2.53 bits per heavy atom. The highest BCUT2D eigenvalue weighted by Gasteiger charge is 2.03. The number of hydrogen-bond acceptors (Lipinski definition) is 3. The van der Waals surface area contributed by atoms with Gasteiger partial charge in [0.1, 0.15) is 12.4 Å². The fraction of sp³-hybridized carbons (Fsp3) is 0.133. The smallest absolute Gasteiger partial charge is 0.124 e. The van der Waals surface area contributed by atoms with Crippen molar-refractivity contribution in [1.82, 2.24) is 0 Å². The Hall–Kier alpha value is -1.83. The lowest BCUT2D eigenvalue weighted by molar-refractivity contribution is 0.303. The van der Waals surface area contributed by atoms with Gasteiger partial charge in [-0.1, -0.05) is 28.1 Å². The van der Waals surface area contributed by atoms with E-state index in [1.807, 2.05) is 30.3 Å². The van der Waals surface area contributed by atoms with E-state index < -0.39 is 0 Å². The summed E-state index contributed by atoms with van der Waals surface area (Å²) in [5, 5.41) is 8.73. The van der Waals surface area contributed by atoms with Gasteiger partial charge in [-0.15, -0.1) is 0 Å². The number of ether oxygens (including phenoxy) is 1. The molecule has 0 atom stereocenters.